The Morgan fingerprint density at radius 1 is 1.12 bits per heavy atom. The summed E-state index contributed by atoms with van der Waals surface area (Å²) in [5.41, 5.74) is 3.21. The van der Waals surface area contributed by atoms with E-state index in [-0.39, 0.29) is 11.4 Å². The number of hydrogen-bond donors (Lipinski definition) is 2. The summed E-state index contributed by atoms with van der Waals surface area (Å²) in [7, 11) is 0. The van der Waals surface area contributed by atoms with Crippen molar-refractivity contribution in [3.05, 3.63) is 29.3 Å². The molecular weight excluding hydrogens is 212 g/mol. The predicted octanol–water partition coefficient (Wildman–Crippen LogP) is 2.63. The Kier molecular flexibility index (Phi) is 4.16. The highest BCUT2D eigenvalue weighted by Gasteiger charge is 2.12. The topological polar surface area (TPSA) is 41.1 Å². The van der Waals surface area contributed by atoms with Crippen LogP contribution in [-0.4, -0.2) is 18.0 Å². The standard InChI is InChI=1S/C14H22N2O/c1-10-6-11(2)8-12(7-10)15-9-13(17)16-14(3,4)5/h6-8,15H,9H2,1-5H3,(H,16,17). The van der Waals surface area contributed by atoms with E-state index in [1.54, 1.807) is 0 Å². The van der Waals surface area contributed by atoms with Crippen molar-refractivity contribution in [1.29, 1.82) is 0 Å². The molecule has 1 amide bonds. The van der Waals surface area contributed by atoms with E-state index in [1.807, 2.05) is 46.8 Å². The third-order valence-electron chi connectivity index (χ3n) is 2.19. The second kappa shape index (κ2) is 5.21. The molecule has 0 aliphatic heterocycles. The van der Waals surface area contributed by atoms with Gasteiger partial charge in [-0.1, -0.05) is 6.07 Å². The smallest absolute Gasteiger partial charge is 0.239 e. The summed E-state index contributed by atoms with van der Waals surface area (Å²) in [4.78, 5) is 11.6. The van der Waals surface area contributed by atoms with Gasteiger partial charge in [-0.05, 0) is 57.9 Å². The van der Waals surface area contributed by atoms with Crippen LogP contribution in [0.25, 0.3) is 0 Å². The van der Waals surface area contributed by atoms with E-state index in [1.165, 1.54) is 11.1 Å². The molecule has 3 nitrogen and oxygen atoms in total. The predicted molar refractivity (Wildman–Crippen MR) is 72.3 cm³/mol. The number of amides is 1. The van der Waals surface area contributed by atoms with Gasteiger partial charge in [0.05, 0.1) is 6.54 Å². The lowest BCUT2D eigenvalue weighted by atomic mass is 10.1. The lowest BCUT2D eigenvalue weighted by Gasteiger charge is -2.20. The average molecular weight is 234 g/mol. The molecule has 0 aliphatic rings. The number of anilines is 1. The van der Waals surface area contributed by atoms with E-state index >= 15 is 0 Å². The van der Waals surface area contributed by atoms with Crippen molar-refractivity contribution in [2.24, 2.45) is 0 Å². The third kappa shape index (κ3) is 5.38. The van der Waals surface area contributed by atoms with Crippen molar-refractivity contribution in [2.45, 2.75) is 40.2 Å². The molecule has 0 saturated carbocycles. The SMILES string of the molecule is Cc1cc(C)cc(NCC(=O)NC(C)(C)C)c1. The normalized spacial score (nSPS) is 11.1. The van der Waals surface area contributed by atoms with E-state index in [4.69, 9.17) is 0 Å². The summed E-state index contributed by atoms with van der Waals surface area (Å²) in [6, 6.07) is 6.19. The van der Waals surface area contributed by atoms with E-state index in [0.29, 0.717) is 6.54 Å². The molecule has 1 aromatic rings. The molecule has 0 unspecified atom stereocenters. The van der Waals surface area contributed by atoms with Crippen molar-refractivity contribution in [2.75, 3.05) is 11.9 Å². The zero-order valence-corrected chi connectivity index (χ0v) is 11.3. The second-order valence-electron chi connectivity index (χ2n) is 5.53. The summed E-state index contributed by atoms with van der Waals surface area (Å²) in [5.74, 6) is 0.0108. The molecule has 0 spiro atoms. The summed E-state index contributed by atoms with van der Waals surface area (Å²) in [6.45, 7) is 10.3. The minimum absolute atomic E-state index is 0.0108. The molecule has 2 N–H and O–H groups in total. The zero-order chi connectivity index (χ0) is 13.1. The van der Waals surface area contributed by atoms with Gasteiger partial charge in [-0.25, -0.2) is 0 Å². The Balaban J connectivity index is 2.53. The van der Waals surface area contributed by atoms with E-state index in [9.17, 15) is 4.79 Å². The number of rotatable bonds is 3. The summed E-state index contributed by atoms with van der Waals surface area (Å²) in [6.07, 6.45) is 0. The fraction of sp³-hybridized carbons (Fsp3) is 0.500. The summed E-state index contributed by atoms with van der Waals surface area (Å²) < 4.78 is 0. The number of aryl methyl sites for hydroxylation is 2. The molecule has 0 radical (unpaired) electrons. The van der Waals surface area contributed by atoms with Crippen LogP contribution in [0.4, 0.5) is 5.69 Å². The maximum Gasteiger partial charge on any atom is 0.239 e. The van der Waals surface area contributed by atoms with Crippen molar-refractivity contribution in [1.82, 2.24) is 5.32 Å². The van der Waals surface area contributed by atoms with Gasteiger partial charge in [0.2, 0.25) is 5.91 Å². The van der Waals surface area contributed by atoms with Crippen molar-refractivity contribution in [3.63, 3.8) is 0 Å². The number of hydrogen-bond acceptors (Lipinski definition) is 2. The van der Waals surface area contributed by atoms with Crippen LogP contribution < -0.4 is 10.6 Å². The Labute approximate surface area is 104 Å². The fourth-order valence-electron chi connectivity index (χ4n) is 1.72. The van der Waals surface area contributed by atoms with Crippen LogP contribution in [0, 0.1) is 13.8 Å². The molecule has 1 aromatic carbocycles. The average Bonchev–Trinajstić information content (AvgIpc) is 2.10. The van der Waals surface area contributed by atoms with Crippen molar-refractivity contribution in [3.8, 4) is 0 Å². The minimum atomic E-state index is -0.179. The molecule has 17 heavy (non-hydrogen) atoms. The first-order valence-electron chi connectivity index (χ1n) is 5.89. The highest BCUT2D eigenvalue weighted by Crippen LogP contribution is 2.13. The van der Waals surface area contributed by atoms with Crippen LogP contribution in [0.3, 0.4) is 0 Å². The molecule has 0 heterocycles. The van der Waals surface area contributed by atoms with Gasteiger partial charge in [0, 0.05) is 11.2 Å². The van der Waals surface area contributed by atoms with Gasteiger partial charge in [-0.3, -0.25) is 4.79 Å². The van der Waals surface area contributed by atoms with Gasteiger partial charge in [0.15, 0.2) is 0 Å². The van der Waals surface area contributed by atoms with Crippen LogP contribution in [0.15, 0.2) is 18.2 Å². The minimum Gasteiger partial charge on any atom is -0.376 e. The highest BCUT2D eigenvalue weighted by molar-refractivity contribution is 5.81. The number of carbonyl (C=O) groups is 1. The largest absolute Gasteiger partial charge is 0.376 e. The number of nitrogens with one attached hydrogen (secondary N) is 2. The monoisotopic (exact) mass is 234 g/mol. The summed E-state index contributed by atoms with van der Waals surface area (Å²) >= 11 is 0. The second-order valence-corrected chi connectivity index (χ2v) is 5.53. The number of carbonyl (C=O) groups excluding carboxylic acids is 1. The van der Waals surface area contributed by atoms with Crippen LogP contribution in [0.1, 0.15) is 31.9 Å². The molecule has 94 valence electrons. The third-order valence-corrected chi connectivity index (χ3v) is 2.19. The lowest BCUT2D eigenvalue weighted by Crippen LogP contribution is -2.43. The van der Waals surface area contributed by atoms with E-state index in [2.05, 4.69) is 16.7 Å². The fourth-order valence-corrected chi connectivity index (χ4v) is 1.72. The van der Waals surface area contributed by atoms with Gasteiger partial charge in [-0.2, -0.15) is 0 Å². The number of benzene rings is 1. The lowest BCUT2D eigenvalue weighted by molar-refractivity contribution is -0.120. The first-order chi connectivity index (χ1) is 7.76. The Morgan fingerprint density at radius 2 is 1.65 bits per heavy atom. The molecule has 0 aliphatic carbocycles. The highest BCUT2D eigenvalue weighted by atomic mass is 16.2. The molecule has 0 atom stereocenters. The van der Waals surface area contributed by atoms with Gasteiger partial charge in [-0.15, -0.1) is 0 Å². The van der Waals surface area contributed by atoms with E-state index < -0.39 is 0 Å². The Bertz CT molecular complexity index is 385. The Morgan fingerprint density at radius 3 is 2.12 bits per heavy atom. The van der Waals surface area contributed by atoms with Crippen LogP contribution >= 0.6 is 0 Å². The molecule has 1 rings (SSSR count). The quantitative estimate of drug-likeness (QED) is 0.844. The molecule has 0 bridgehead atoms. The zero-order valence-electron chi connectivity index (χ0n) is 11.3. The molecular formula is C14H22N2O. The summed E-state index contributed by atoms with van der Waals surface area (Å²) in [5, 5.41) is 6.05. The first-order valence-corrected chi connectivity index (χ1v) is 5.89. The molecule has 0 saturated heterocycles. The maximum atomic E-state index is 11.6. The molecule has 0 fully saturated rings. The van der Waals surface area contributed by atoms with Crippen LogP contribution in [0.2, 0.25) is 0 Å². The first kappa shape index (κ1) is 13.6. The Hall–Kier alpha value is -1.51. The van der Waals surface area contributed by atoms with Gasteiger partial charge in [0.25, 0.3) is 0 Å². The van der Waals surface area contributed by atoms with E-state index in [0.717, 1.165) is 5.69 Å². The van der Waals surface area contributed by atoms with Crippen LogP contribution in [-0.2, 0) is 4.79 Å². The maximum absolute atomic E-state index is 11.6. The van der Waals surface area contributed by atoms with Crippen molar-refractivity contribution < 1.29 is 4.79 Å². The molecule has 0 aromatic heterocycles. The van der Waals surface area contributed by atoms with Crippen molar-refractivity contribution >= 4 is 11.6 Å². The van der Waals surface area contributed by atoms with Crippen LogP contribution in [0.5, 0.6) is 0 Å². The van der Waals surface area contributed by atoms with Gasteiger partial charge < -0.3 is 10.6 Å². The molecule has 3 heteroatoms. The van der Waals surface area contributed by atoms with Gasteiger partial charge in [0.1, 0.15) is 0 Å². The van der Waals surface area contributed by atoms with Gasteiger partial charge >= 0.3 is 0 Å².